The Hall–Kier alpha value is -2.04. The van der Waals surface area contributed by atoms with Crippen molar-refractivity contribution >= 4 is 0 Å². The number of hydrogen-bond donors (Lipinski definition) is 3. The van der Waals surface area contributed by atoms with Crippen LogP contribution in [0, 0.1) is 0 Å². The molecular formula is C30H42O8. The molecule has 0 bridgehead atoms. The van der Waals surface area contributed by atoms with E-state index in [-0.39, 0.29) is 18.8 Å². The van der Waals surface area contributed by atoms with E-state index in [1.54, 1.807) is 7.11 Å². The lowest BCUT2D eigenvalue weighted by Gasteiger charge is -2.34. The van der Waals surface area contributed by atoms with Crippen molar-refractivity contribution in [2.45, 2.75) is 94.5 Å². The first-order valence-corrected chi connectivity index (χ1v) is 13.6. The van der Waals surface area contributed by atoms with Gasteiger partial charge in [0.25, 0.3) is 0 Å². The fraction of sp³-hybridized carbons (Fsp3) is 0.600. The number of aliphatic hydroxyl groups excluding tert-OH is 3. The van der Waals surface area contributed by atoms with E-state index in [1.807, 2.05) is 61.5 Å². The first-order valence-electron chi connectivity index (χ1n) is 13.6. The van der Waals surface area contributed by atoms with Crippen LogP contribution in [0.3, 0.4) is 0 Å². The minimum atomic E-state index is -0.923. The van der Waals surface area contributed by atoms with Gasteiger partial charge in [0.05, 0.1) is 56.9 Å². The molecule has 4 rings (SSSR count). The number of rotatable bonds is 14. The molecule has 8 nitrogen and oxygen atoms in total. The monoisotopic (exact) mass is 530 g/mol. The highest BCUT2D eigenvalue weighted by molar-refractivity contribution is 5.26. The molecule has 0 aromatic heterocycles. The molecule has 2 aliphatic rings. The lowest BCUT2D eigenvalue weighted by Crippen LogP contribution is -2.47. The summed E-state index contributed by atoms with van der Waals surface area (Å²) < 4.78 is 29.2. The summed E-state index contributed by atoms with van der Waals surface area (Å²) in [6.07, 6.45) is -0.158. The second-order valence-corrected chi connectivity index (χ2v) is 10.5. The number of benzene rings is 2. The molecule has 8 heteroatoms. The summed E-state index contributed by atoms with van der Waals surface area (Å²) in [7, 11) is 1.62. The van der Waals surface area contributed by atoms with Crippen molar-refractivity contribution in [3.8, 4) is 5.75 Å². The van der Waals surface area contributed by atoms with Crippen molar-refractivity contribution < 1.29 is 39.0 Å². The quantitative estimate of drug-likeness (QED) is 0.319. The summed E-state index contributed by atoms with van der Waals surface area (Å²) in [6.45, 7) is 3.13. The predicted octanol–water partition coefficient (Wildman–Crippen LogP) is 3.39. The van der Waals surface area contributed by atoms with Crippen molar-refractivity contribution in [3.63, 3.8) is 0 Å². The minimum absolute atomic E-state index is 0.200. The van der Waals surface area contributed by atoms with E-state index in [0.29, 0.717) is 45.5 Å². The standard InChI is InChI=1S/C30H42O8/c1-30(17-27(28(18-31)38-30)36-20-22-10-12-23(34-2)13-11-22)29(33)26-15-14-25(37-26)24(32)9-6-16-35-19-21-7-4-3-5-8-21/h3-5,7-8,10-13,24-29,31-33H,6,9,14-20H2,1-2H3/t24-,25-,26+,27+,28-,29+,30-/m1/s1. The molecule has 2 aliphatic heterocycles. The maximum absolute atomic E-state index is 11.2. The molecule has 0 radical (unpaired) electrons. The average molecular weight is 531 g/mol. The van der Waals surface area contributed by atoms with Gasteiger partial charge in [0.1, 0.15) is 18.0 Å². The molecule has 2 aromatic carbocycles. The Kier molecular flexibility index (Phi) is 10.6. The largest absolute Gasteiger partial charge is 0.497 e. The van der Waals surface area contributed by atoms with Crippen molar-refractivity contribution in [3.05, 3.63) is 65.7 Å². The van der Waals surface area contributed by atoms with E-state index in [9.17, 15) is 15.3 Å². The van der Waals surface area contributed by atoms with Crippen LogP contribution in [-0.4, -0.2) is 77.9 Å². The van der Waals surface area contributed by atoms with Gasteiger partial charge in [-0.2, -0.15) is 0 Å². The first-order chi connectivity index (χ1) is 18.4. The Balaban J connectivity index is 1.21. The number of aliphatic hydroxyl groups is 3. The van der Waals surface area contributed by atoms with Crippen LogP contribution in [0.4, 0.5) is 0 Å². The fourth-order valence-corrected chi connectivity index (χ4v) is 5.38. The van der Waals surface area contributed by atoms with Crippen LogP contribution in [0.25, 0.3) is 0 Å². The smallest absolute Gasteiger partial charge is 0.118 e. The molecule has 0 amide bonds. The maximum Gasteiger partial charge on any atom is 0.118 e. The molecule has 0 spiro atoms. The van der Waals surface area contributed by atoms with E-state index >= 15 is 0 Å². The molecule has 210 valence electrons. The lowest BCUT2D eigenvalue weighted by molar-refractivity contribution is -0.166. The molecule has 2 aromatic rings. The number of methoxy groups -OCH3 is 1. The highest BCUT2D eigenvalue weighted by Gasteiger charge is 2.52. The van der Waals surface area contributed by atoms with Crippen molar-refractivity contribution in [2.24, 2.45) is 0 Å². The zero-order valence-corrected chi connectivity index (χ0v) is 22.4. The normalized spacial score (nSPS) is 28.9. The van der Waals surface area contributed by atoms with Gasteiger partial charge in [0.15, 0.2) is 0 Å². The summed E-state index contributed by atoms with van der Waals surface area (Å²) in [5.74, 6) is 0.776. The minimum Gasteiger partial charge on any atom is -0.497 e. The third-order valence-corrected chi connectivity index (χ3v) is 7.64. The molecule has 38 heavy (non-hydrogen) atoms. The molecule has 2 heterocycles. The van der Waals surface area contributed by atoms with E-state index < -0.39 is 30.0 Å². The van der Waals surface area contributed by atoms with Crippen LogP contribution in [0.2, 0.25) is 0 Å². The van der Waals surface area contributed by atoms with Crippen LogP contribution in [0.5, 0.6) is 5.75 Å². The molecule has 0 unspecified atom stereocenters. The van der Waals surface area contributed by atoms with Gasteiger partial charge in [-0.25, -0.2) is 0 Å². The third kappa shape index (κ3) is 7.54. The maximum atomic E-state index is 11.2. The van der Waals surface area contributed by atoms with Crippen LogP contribution in [-0.2, 0) is 32.2 Å². The third-order valence-electron chi connectivity index (χ3n) is 7.64. The first kappa shape index (κ1) is 29.0. The summed E-state index contributed by atoms with van der Waals surface area (Å²) in [5, 5.41) is 31.8. The van der Waals surface area contributed by atoms with Crippen molar-refractivity contribution in [1.82, 2.24) is 0 Å². The van der Waals surface area contributed by atoms with Crippen molar-refractivity contribution in [1.29, 1.82) is 0 Å². The Morgan fingerprint density at radius 3 is 2.39 bits per heavy atom. The summed E-state index contributed by atoms with van der Waals surface area (Å²) in [4.78, 5) is 0. The Bertz CT molecular complexity index is 954. The summed E-state index contributed by atoms with van der Waals surface area (Å²) >= 11 is 0. The number of hydrogen-bond acceptors (Lipinski definition) is 8. The van der Waals surface area contributed by atoms with Gasteiger partial charge < -0.3 is 39.0 Å². The summed E-state index contributed by atoms with van der Waals surface area (Å²) in [5.41, 5.74) is 1.19. The van der Waals surface area contributed by atoms with Crippen LogP contribution < -0.4 is 4.74 Å². The van der Waals surface area contributed by atoms with E-state index in [1.165, 1.54) is 0 Å². The van der Waals surface area contributed by atoms with Gasteiger partial charge >= 0.3 is 0 Å². The highest BCUT2D eigenvalue weighted by Crippen LogP contribution is 2.40. The van der Waals surface area contributed by atoms with Crippen LogP contribution in [0.15, 0.2) is 54.6 Å². The SMILES string of the molecule is COc1ccc(CO[C@H]2C[C@](C)([C@@H](O)[C@@H]3CC[C@H]([C@H](O)CCCOCc4ccccc4)O3)O[C@@H]2CO)cc1. The van der Waals surface area contributed by atoms with Gasteiger partial charge in [-0.3, -0.25) is 0 Å². The van der Waals surface area contributed by atoms with Crippen LogP contribution >= 0.6 is 0 Å². The highest BCUT2D eigenvalue weighted by atomic mass is 16.6. The molecule has 3 N–H and O–H groups in total. The zero-order chi connectivity index (χ0) is 27.0. The Morgan fingerprint density at radius 2 is 1.68 bits per heavy atom. The predicted molar refractivity (Wildman–Crippen MR) is 142 cm³/mol. The molecule has 2 fully saturated rings. The lowest BCUT2D eigenvalue weighted by atomic mass is 9.89. The number of ether oxygens (including phenoxy) is 5. The molecular weight excluding hydrogens is 488 g/mol. The van der Waals surface area contributed by atoms with Crippen molar-refractivity contribution in [2.75, 3.05) is 20.3 Å². The summed E-state index contributed by atoms with van der Waals surface area (Å²) in [6, 6.07) is 17.6. The van der Waals surface area contributed by atoms with E-state index in [4.69, 9.17) is 23.7 Å². The second-order valence-electron chi connectivity index (χ2n) is 10.5. The topological polar surface area (TPSA) is 107 Å². The fourth-order valence-electron chi connectivity index (χ4n) is 5.38. The Labute approximate surface area is 225 Å². The molecule has 2 saturated heterocycles. The Morgan fingerprint density at radius 1 is 0.974 bits per heavy atom. The van der Waals surface area contributed by atoms with E-state index in [0.717, 1.165) is 23.3 Å². The van der Waals surface area contributed by atoms with Gasteiger partial charge in [0.2, 0.25) is 0 Å². The van der Waals surface area contributed by atoms with Gasteiger partial charge in [0, 0.05) is 13.0 Å². The zero-order valence-electron chi connectivity index (χ0n) is 22.4. The van der Waals surface area contributed by atoms with Gasteiger partial charge in [-0.15, -0.1) is 0 Å². The molecule has 0 aliphatic carbocycles. The van der Waals surface area contributed by atoms with Crippen LogP contribution in [0.1, 0.15) is 50.2 Å². The molecule has 0 saturated carbocycles. The molecule has 7 atom stereocenters. The van der Waals surface area contributed by atoms with E-state index in [2.05, 4.69) is 0 Å². The van der Waals surface area contributed by atoms with Gasteiger partial charge in [-0.05, 0) is 55.9 Å². The van der Waals surface area contributed by atoms with Gasteiger partial charge in [-0.1, -0.05) is 42.5 Å². The second kappa shape index (κ2) is 13.8. The average Bonchev–Trinajstić information content (AvgIpc) is 3.57.